The summed E-state index contributed by atoms with van der Waals surface area (Å²) in [7, 11) is 1.60. The molecular formula is C14H17N3O3S. The number of carbonyl (C=O) groups excluding carboxylic acids is 1. The van der Waals surface area contributed by atoms with E-state index in [0.717, 1.165) is 4.90 Å². The number of thioether (sulfide) groups is 1. The number of nitrogens with one attached hydrogen (secondary N) is 1. The fourth-order valence-corrected chi connectivity index (χ4v) is 2.57. The van der Waals surface area contributed by atoms with Crippen molar-refractivity contribution in [2.45, 2.75) is 17.6 Å². The summed E-state index contributed by atoms with van der Waals surface area (Å²) in [6, 6.07) is 7.43. The highest BCUT2D eigenvalue weighted by Crippen LogP contribution is 2.25. The third-order valence-electron chi connectivity index (χ3n) is 2.64. The number of aromatic nitrogens is 2. The van der Waals surface area contributed by atoms with Crippen LogP contribution >= 0.6 is 11.8 Å². The topological polar surface area (TPSA) is 77.2 Å². The molecule has 0 aliphatic rings. The van der Waals surface area contributed by atoms with Crippen LogP contribution in [0, 0.1) is 6.92 Å². The number of ether oxygens (including phenoxy) is 1. The fourth-order valence-electron chi connectivity index (χ4n) is 1.68. The van der Waals surface area contributed by atoms with Gasteiger partial charge in [-0.05, 0) is 19.1 Å². The van der Waals surface area contributed by atoms with Crippen molar-refractivity contribution >= 4 is 17.7 Å². The number of methoxy groups -OCH3 is 1. The first-order valence-corrected chi connectivity index (χ1v) is 7.47. The van der Waals surface area contributed by atoms with Crippen LogP contribution in [0.5, 0.6) is 0 Å². The molecule has 1 heterocycles. The molecule has 1 N–H and O–H groups in total. The van der Waals surface area contributed by atoms with E-state index < -0.39 is 0 Å². The number of rotatable bonds is 7. The molecule has 1 aromatic heterocycles. The minimum Gasteiger partial charge on any atom is -0.383 e. The van der Waals surface area contributed by atoms with Crippen molar-refractivity contribution in [2.75, 3.05) is 20.3 Å². The number of nitrogens with zero attached hydrogens (tertiary/aromatic N) is 2. The molecule has 2 aromatic rings. The van der Waals surface area contributed by atoms with Gasteiger partial charge in [0.1, 0.15) is 0 Å². The Morgan fingerprint density at radius 2 is 2.24 bits per heavy atom. The Morgan fingerprint density at radius 1 is 1.43 bits per heavy atom. The van der Waals surface area contributed by atoms with E-state index in [1.165, 1.54) is 11.8 Å². The van der Waals surface area contributed by atoms with Gasteiger partial charge in [0.05, 0.1) is 17.9 Å². The van der Waals surface area contributed by atoms with E-state index in [1.54, 1.807) is 20.1 Å². The van der Waals surface area contributed by atoms with E-state index in [1.807, 2.05) is 18.2 Å². The predicted molar refractivity (Wildman–Crippen MR) is 79.2 cm³/mol. The maximum atomic E-state index is 12.1. The number of carbonyl (C=O) groups is 1. The van der Waals surface area contributed by atoms with Gasteiger partial charge in [0, 0.05) is 18.6 Å². The first kappa shape index (κ1) is 15.5. The molecular weight excluding hydrogens is 290 g/mol. The molecule has 0 saturated heterocycles. The molecule has 0 aliphatic heterocycles. The SMILES string of the molecule is COCCNC(=O)c1ccccc1SCc1nc(C)no1. The van der Waals surface area contributed by atoms with E-state index in [-0.39, 0.29) is 5.91 Å². The molecule has 2 rings (SSSR count). The smallest absolute Gasteiger partial charge is 0.252 e. The summed E-state index contributed by atoms with van der Waals surface area (Å²) in [5, 5.41) is 6.56. The zero-order valence-electron chi connectivity index (χ0n) is 12.0. The van der Waals surface area contributed by atoms with Crippen LogP contribution in [0.1, 0.15) is 22.1 Å². The lowest BCUT2D eigenvalue weighted by molar-refractivity contribution is 0.0934. The van der Waals surface area contributed by atoms with Gasteiger partial charge in [-0.1, -0.05) is 17.3 Å². The first-order chi connectivity index (χ1) is 10.2. The quantitative estimate of drug-likeness (QED) is 0.623. The number of hydrogen-bond donors (Lipinski definition) is 1. The van der Waals surface area contributed by atoms with Gasteiger partial charge in [0.2, 0.25) is 5.89 Å². The normalized spacial score (nSPS) is 10.6. The van der Waals surface area contributed by atoms with Crippen molar-refractivity contribution in [3.8, 4) is 0 Å². The summed E-state index contributed by atoms with van der Waals surface area (Å²) in [5.41, 5.74) is 0.634. The Labute approximate surface area is 127 Å². The summed E-state index contributed by atoms with van der Waals surface area (Å²) < 4.78 is 9.99. The average molecular weight is 307 g/mol. The van der Waals surface area contributed by atoms with Crippen molar-refractivity contribution in [1.29, 1.82) is 0 Å². The third kappa shape index (κ3) is 4.57. The van der Waals surface area contributed by atoms with Gasteiger partial charge in [-0.3, -0.25) is 4.79 Å². The van der Waals surface area contributed by atoms with E-state index in [0.29, 0.717) is 36.2 Å². The maximum Gasteiger partial charge on any atom is 0.252 e. The molecule has 1 amide bonds. The van der Waals surface area contributed by atoms with Gasteiger partial charge < -0.3 is 14.6 Å². The third-order valence-corrected chi connectivity index (χ3v) is 3.70. The Morgan fingerprint density at radius 3 is 2.95 bits per heavy atom. The molecule has 0 aliphatic carbocycles. The number of aryl methyl sites for hydroxylation is 1. The van der Waals surface area contributed by atoms with Crippen molar-refractivity contribution in [3.05, 3.63) is 41.5 Å². The van der Waals surface area contributed by atoms with Crippen LogP contribution < -0.4 is 5.32 Å². The fraction of sp³-hybridized carbons (Fsp3) is 0.357. The van der Waals surface area contributed by atoms with Gasteiger partial charge in [-0.2, -0.15) is 4.98 Å². The second kappa shape index (κ2) is 7.80. The Balaban J connectivity index is 2.00. The standard InChI is InChI=1S/C14H17N3O3S/c1-10-16-13(20-17-10)9-21-12-6-4-3-5-11(12)14(18)15-7-8-19-2/h3-6H,7-9H2,1-2H3,(H,15,18). The van der Waals surface area contributed by atoms with Crippen LogP contribution in [0.25, 0.3) is 0 Å². The minimum absolute atomic E-state index is 0.114. The zero-order chi connectivity index (χ0) is 15.1. The summed E-state index contributed by atoms with van der Waals surface area (Å²) in [6.07, 6.45) is 0. The highest BCUT2D eigenvalue weighted by atomic mass is 32.2. The lowest BCUT2D eigenvalue weighted by Gasteiger charge is -2.08. The molecule has 1 aromatic carbocycles. The van der Waals surface area contributed by atoms with Crippen molar-refractivity contribution < 1.29 is 14.1 Å². The van der Waals surface area contributed by atoms with Gasteiger partial charge >= 0.3 is 0 Å². The number of hydrogen-bond acceptors (Lipinski definition) is 6. The number of amides is 1. The summed E-state index contributed by atoms with van der Waals surface area (Å²) in [4.78, 5) is 17.1. The molecule has 112 valence electrons. The Hall–Kier alpha value is -1.86. The van der Waals surface area contributed by atoms with Crippen molar-refractivity contribution in [3.63, 3.8) is 0 Å². The summed E-state index contributed by atoms with van der Waals surface area (Å²) >= 11 is 1.49. The molecule has 0 atom stereocenters. The van der Waals surface area contributed by atoms with Crippen molar-refractivity contribution in [1.82, 2.24) is 15.5 Å². The van der Waals surface area contributed by atoms with Crippen LogP contribution in [0.2, 0.25) is 0 Å². The monoisotopic (exact) mass is 307 g/mol. The molecule has 0 spiro atoms. The summed E-state index contributed by atoms with van der Waals surface area (Å²) in [6.45, 7) is 2.74. The predicted octanol–water partition coefficient (Wildman–Crippen LogP) is 2.05. The second-order valence-electron chi connectivity index (χ2n) is 4.27. The molecule has 0 radical (unpaired) electrons. The largest absolute Gasteiger partial charge is 0.383 e. The lowest BCUT2D eigenvalue weighted by Crippen LogP contribution is -2.27. The maximum absolute atomic E-state index is 12.1. The molecule has 0 saturated carbocycles. The van der Waals surface area contributed by atoms with E-state index in [9.17, 15) is 4.79 Å². The van der Waals surface area contributed by atoms with Crippen LogP contribution in [0.15, 0.2) is 33.7 Å². The first-order valence-electron chi connectivity index (χ1n) is 6.49. The van der Waals surface area contributed by atoms with Gasteiger partial charge in [-0.15, -0.1) is 11.8 Å². The zero-order valence-corrected chi connectivity index (χ0v) is 12.8. The van der Waals surface area contributed by atoms with Crippen molar-refractivity contribution in [2.24, 2.45) is 0 Å². The van der Waals surface area contributed by atoms with Crippen LogP contribution in [-0.2, 0) is 10.5 Å². The molecule has 7 heteroatoms. The minimum atomic E-state index is -0.114. The summed E-state index contributed by atoms with van der Waals surface area (Å²) in [5.74, 6) is 1.57. The van der Waals surface area contributed by atoms with Gasteiger partial charge in [-0.25, -0.2) is 0 Å². The Kier molecular flexibility index (Phi) is 5.77. The van der Waals surface area contributed by atoms with E-state index >= 15 is 0 Å². The molecule has 0 bridgehead atoms. The molecule has 0 fully saturated rings. The van der Waals surface area contributed by atoms with Crippen LogP contribution in [-0.4, -0.2) is 36.3 Å². The van der Waals surface area contributed by atoms with Gasteiger partial charge in [0.25, 0.3) is 5.91 Å². The highest BCUT2D eigenvalue weighted by Gasteiger charge is 2.12. The molecule has 21 heavy (non-hydrogen) atoms. The molecule has 6 nitrogen and oxygen atoms in total. The second-order valence-corrected chi connectivity index (χ2v) is 5.29. The van der Waals surface area contributed by atoms with E-state index in [2.05, 4.69) is 15.5 Å². The highest BCUT2D eigenvalue weighted by molar-refractivity contribution is 7.98. The van der Waals surface area contributed by atoms with Crippen LogP contribution in [0.4, 0.5) is 0 Å². The molecule has 0 unspecified atom stereocenters. The lowest BCUT2D eigenvalue weighted by atomic mass is 10.2. The average Bonchev–Trinajstić information content (AvgIpc) is 2.91. The number of benzene rings is 1. The van der Waals surface area contributed by atoms with E-state index in [4.69, 9.17) is 9.26 Å². The van der Waals surface area contributed by atoms with Crippen LogP contribution in [0.3, 0.4) is 0 Å². The Bertz CT molecular complexity index is 601. The van der Waals surface area contributed by atoms with Gasteiger partial charge in [0.15, 0.2) is 5.82 Å².